The number of ether oxygens (including phenoxy) is 3. The van der Waals surface area contributed by atoms with Gasteiger partial charge in [0.2, 0.25) is 5.75 Å². The molecule has 0 spiro atoms. The molecule has 176 valence electrons. The lowest BCUT2D eigenvalue weighted by molar-refractivity contribution is 0.0984. The van der Waals surface area contributed by atoms with Crippen molar-refractivity contribution in [2.24, 2.45) is 0 Å². The number of halogens is 1. The van der Waals surface area contributed by atoms with Gasteiger partial charge in [0.1, 0.15) is 11.4 Å². The van der Waals surface area contributed by atoms with Gasteiger partial charge < -0.3 is 29.2 Å². The number of rotatable bonds is 5. The highest BCUT2D eigenvalue weighted by atomic mass is 35.5. The molecule has 0 saturated carbocycles. The van der Waals surface area contributed by atoms with Crippen LogP contribution in [0.25, 0.3) is 21.7 Å². The fourth-order valence-corrected chi connectivity index (χ4v) is 5.14. The fraction of sp³-hybridized carbons (Fsp3) is 0.269. The lowest BCUT2D eigenvalue weighted by atomic mass is 9.92. The normalized spacial score (nSPS) is 16.0. The van der Waals surface area contributed by atoms with E-state index in [1.54, 1.807) is 30.2 Å². The quantitative estimate of drug-likeness (QED) is 0.372. The number of carbonyl (C=O) groups is 1. The minimum atomic E-state index is -0.230. The van der Waals surface area contributed by atoms with E-state index in [0.29, 0.717) is 40.7 Å². The Labute approximate surface area is 201 Å². The van der Waals surface area contributed by atoms with Crippen LogP contribution in [0.5, 0.6) is 23.0 Å². The van der Waals surface area contributed by atoms with Crippen LogP contribution in [0.1, 0.15) is 28.9 Å². The molecule has 4 aromatic rings. The third-order valence-corrected chi connectivity index (χ3v) is 6.84. The topological polar surface area (TPSA) is 84.0 Å². The molecule has 0 aliphatic carbocycles. The molecule has 0 unspecified atom stereocenters. The minimum Gasteiger partial charge on any atom is -0.507 e. The molecular formula is C26H25ClN2O5. The van der Waals surface area contributed by atoms with E-state index >= 15 is 0 Å². The number of amides is 1. The number of phenols is 1. The number of aromatic hydroxyl groups is 1. The molecule has 34 heavy (non-hydrogen) atoms. The molecule has 7 nitrogen and oxygen atoms in total. The van der Waals surface area contributed by atoms with Crippen molar-refractivity contribution in [2.75, 3.05) is 32.8 Å². The Morgan fingerprint density at radius 3 is 2.44 bits per heavy atom. The van der Waals surface area contributed by atoms with Crippen LogP contribution < -0.4 is 19.1 Å². The number of methoxy groups -OCH3 is 3. The van der Waals surface area contributed by atoms with Crippen molar-refractivity contribution in [3.63, 3.8) is 0 Å². The molecule has 0 saturated heterocycles. The number of nitrogens with one attached hydrogen (secondary N) is 1. The van der Waals surface area contributed by atoms with E-state index in [-0.39, 0.29) is 23.0 Å². The number of hydrogen-bond acceptors (Lipinski definition) is 5. The van der Waals surface area contributed by atoms with Crippen LogP contribution in [-0.4, -0.2) is 49.2 Å². The van der Waals surface area contributed by atoms with Gasteiger partial charge in [-0.05, 0) is 30.0 Å². The number of aromatic nitrogens is 1. The first-order valence-corrected chi connectivity index (χ1v) is 11.3. The van der Waals surface area contributed by atoms with Crippen LogP contribution in [0, 0.1) is 0 Å². The molecule has 1 aliphatic heterocycles. The van der Waals surface area contributed by atoms with Crippen LogP contribution in [0.2, 0.25) is 0 Å². The molecule has 5 rings (SSSR count). The van der Waals surface area contributed by atoms with E-state index in [4.69, 9.17) is 25.8 Å². The molecule has 0 bridgehead atoms. The first-order valence-electron chi connectivity index (χ1n) is 10.9. The number of fused-ring (bicyclic) bond motifs is 4. The van der Waals surface area contributed by atoms with E-state index < -0.39 is 0 Å². The van der Waals surface area contributed by atoms with E-state index in [9.17, 15) is 9.90 Å². The largest absolute Gasteiger partial charge is 0.507 e. The zero-order valence-electron chi connectivity index (χ0n) is 19.3. The molecule has 1 aromatic heterocycles. The summed E-state index contributed by atoms with van der Waals surface area (Å²) in [6, 6.07) is 12.9. The van der Waals surface area contributed by atoms with E-state index in [1.807, 2.05) is 31.2 Å². The summed E-state index contributed by atoms with van der Waals surface area (Å²) in [7, 11) is 4.62. The third-order valence-electron chi connectivity index (χ3n) is 6.53. The number of anilines is 1. The highest BCUT2D eigenvalue weighted by Gasteiger charge is 2.38. The predicted octanol–water partition coefficient (Wildman–Crippen LogP) is 5.42. The summed E-state index contributed by atoms with van der Waals surface area (Å²) in [4.78, 5) is 18.6. The summed E-state index contributed by atoms with van der Waals surface area (Å²) in [5, 5.41) is 12.9. The van der Waals surface area contributed by atoms with Crippen molar-refractivity contribution < 1.29 is 24.1 Å². The number of benzene rings is 3. The van der Waals surface area contributed by atoms with Crippen LogP contribution in [-0.2, 0) is 0 Å². The summed E-state index contributed by atoms with van der Waals surface area (Å²) in [5.74, 6) is 1.22. The predicted molar refractivity (Wildman–Crippen MR) is 133 cm³/mol. The number of aromatic amines is 1. The number of H-pyrrole nitrogens is 1. The smallest absolute Gasteiger partial charge is 0.274 e. The minimum absolute atomic E-state index is 0.0785. The van der Waals surface area contributed by atoms with Crippen molar-refractivity contribution in [3.8, 4) is 23.0 Å². The SMILES string of the molecule is COc1cc2cc(C(=O)N3C[C@@H]([C@@H](C)Cl)c4c3cc(O)c3ccccc43)[nH]c2c(OC)c1OC. The Morgan fingerprint density at radius 1 is 1.09 bits per heavy atom. The molecule has 3 aromatic carbocycles. The molecule has 1 aliphatic rings. The van der Waals surface area contributed by atoms with Crippen molar-refractivity contribution in [3.05, 3.63) is 53.7 Å². The second kappa shape index (κ2) is 8.33. The Hall–Kier alpha value is -3.58. The van der Waals surface area contributed by atoms with Crippen LogP contribution in [0.3, 0.4) is 0 Å². The molecular weight excluding hydrogens is 456 g/mol. The second-order valence-electron chi connectivity index (χ2n) is 8.37. The average molecular weight is 481 g/mol. The lowest BCUT2D eigenvalue weighted by Crippen LogP contribution is -2.31. The Morgan fingerprint density at radius 2 is 1.79 bits per heavy atom. The van der Waals surface area contributed by atoms with Crippen LogP contribution in [0.4, 0.5) is 5.69 Å². The van der Waals surface area contributed by atoms with Gasteiger partial charge in [0, 0.05) is 34.7 Å². The molecule has 2 atom stereocenters. The van der Waals surface area contributed by atoms with Crippen LogP contribution in [0.15, 0.2) is 42.5 Å². The maximum absolute atomic E-state index is 13.8. The van der Waals surface area contributed by atoms with E-state index in [1.165, 1.54) is 14.2 Å². The summed E-state index contributed by atoms with van der Waals surface area (Å²) < 4.78 is 16.5. The standard InChI is InChI=1S/C26H25ClN2O5/c1-13(27)17-12-29(19-11-20(30)15-7-5-6-8-16(15)22(17)19)26(31)18-9-14-10-21(32-2)24(33-3)25(34-4)23(14)28-18/h5-11,13,17,28,30H,12H2,1-4H3/t13-,17+/m1/s1. The zero-order chi connectivity index (χ0) is 24.1. The highest BCUT2D eigenvalue weighted by molar-refractivity contribution is 6.22. The van der Waals surface area contributed by atoms with Gasteiger partial charge in [-0.2, -0.15) is 0 Å². The number of nitrogens with zero attached hydrogens (tertiary/aromatic N) is 1. The van der Waals surface area contributed by atoms with Crippen LogP contribution >= 0.6 is 11.6 Å². The van der Waals surface area contributed by atoms with Gasteiger partial charge in [-0.3, -0.25) is 4.79 Å². The first kappa shape index (κ1) is 22.2. The monoisotopic (exact) mass is 480 g/mol. The van der Waals surface area contributed by atoms with Crippen molar-refractivity contribution in [2.45, 2.75) is 18.2 Å². The average Bonchev–Trinajstić information content (AvgIpc) is 3.44. The first-order chi connectivity index (χ1) is 16.4. The fourth-order valence-electron chi connectivity index (χ4n) is 4.94. The van der Waals surface area contributed by atoms with Gasteiger partial charge in [-0.25, -0.2) is 0 Å². The molecule has 1 amide bonds. The Bertz CT molecular complexity index is 1430. The van der Waals surface area contributed by atoms with E-state index in [2.05, 4.69) is 4.98 Å². The third kappa shape index (κ3) is 3.22. The molecule has 2 N–H and O–H groups in total. The summed E-state index contributed by atoms with van der Waals surface area (Å²) in [6.07, 6.45) is 0. The molecule has 0 fully saturated rings. The lowest BCUT2D eigenvalue weighted by Gasteiger charge is -2.18. The highest BCUT2D eigenvalue weighted by Crippen LogP contribution is 2.48. The second-order valence-corrected chi connectivity index (χ2v) is 9.05. The van der Waals surface area contributed by atoms with Crippen molar-refractivity contribution in [1.82, 2.24) is 4.98 Å². The number of hydrogen-bond donors (Lipinski definition) is 2. The van der Waals surface area contributed by atoms with Gasteiger partial charge in [-0.15, -0.1) is 11.6 Å². The van der Waals surface area contributed by atoms with Gasteiger partial charge in [0.15, 0.2) is 11.5 Å². The zero-order valence-corrected chi connectivity index (χ0v) is 20.1. The molecule has 0 radical (unpaired) electrons. The summed E-state index contributed by atoms with van der Waals surface area (Å²) in [5.41, 5.74) is 2.65. The van der Waals surface area contributed by atoms with E-state index in [0.717, 1.165) is 21.7 Å². The Kier molecular flexibility index (Phi) is 5.44. The number of carbonyl (C=O) groups excluding carboxylic acids is 1. The summed E-state index contributed by atoms with van der Waals surface area (Å²) in [6.45, 7) is 2.34. The van der Waals surface area contributed by atoms with Crippen molar-refractivity contribution in [1.29, 1.82) is 0 Å². The molecule has 8 heteroatoms. The maximum atomic E-state index is 13.8. The Balaban J connectivity index is 1.66. The van der Waals surface area contributed by atoms with Gasteiger partial charge in [-0.1, -0.05) is 24.3 Å². The van der Waals surface area contributed by atoms with Gasteiger partial charge >= 0.3 is 0 Å². The van der Waals surface area contributed by atoms with Crippen molar-refractivity contribution >= 4 is 44.9 Å². The molecule has 2 heterocycles. The van der Waals surface area contributed by atoms with Gasteiger partial charge in [0.05, 0.1) is 32.5 Å². The number of phenolic OH excluding ortho intramolecular Hbond substituents is 1. The maximum Gasteiger partial charge on any atom is 0.274 e. The summed E-state index contributed by atoms with van der Waals surface area (Å²) >= 11 is 6.59. The number of alkyl halides is 1. The van der Waals surface area contributed by atoms with Gasteiger partial charge in [0.25, 0.3) is 5.91 Å².